The van der Waals surface area contributed by atoms with E-state index in [9.17, 15) is 13.0 Å². The van der Waals surface area contributed by atoms with E-state index in [0.29, 0.717) is 18.7 Å². The minimum absolute atomic E-state index is 0. The Morgan fingerprint density at radius 2 is 1.07 bits per heavy atom. The fourth-order valence-electron chi connectivity index (χ4n) is 6.23. The first-order valence-corrected chi connectivity index (χ1v) is 18.0. The molecule has 0 saturated carbocycles. The number of unbranched alkanes of at least 4 members (excludes halogenated alkanes) is 18. The molecule has 3 rings (SSSR count). The maximum atomic E-state index is 12.8. The summed E-state index contributed by atoms with van der Waals surface area (Å²) in [7, 11) is -4.66. The zero-order valence-electron chi connectivity index (χ0n) is 26.6. The number of rotatable bonds is 23. The second kappa shape index (κ2) is 21.3. The number of para-hydroxylation sites is 2. The van der Waals surface area contributed by atoms with Crippen LogP contribution in [0.5, 0.6) is 0 Å². The van der Waals surface area contributed by atoms with Crippen molar-refractivity contribution in [1.29, 1.82) is 0 Å². The molecule has 0 amide bonds. The summed E-state index contributed by atoms with van der Waals surface area (Å²) in [5.74, 6) is 0. The van der Waals surface area contributed by atoms with Gasteiger partial charge >= 0.3 is 51.4 Å². The van der Waals surface area contributed by atoms with Gasteiger partial charge in [-0.3, -0.25) is 0 Å². The Hall–Kier alpha value is -0.414. The molecule has 7 heteroatoms. The second-order valence-electron chi connectivity index (χ2n) is 12.1. The van der Waals surface area contributed by atoms with Crippen LogP contribution in [0.4, 0.5) is 11.4 Å². The Morgan fingerprint density at radius 3 is 1.55 bits per heavy atom. The number of fused-ring (bicyclic) bond motifs is 1. The SMILES string of the molecule is CCCCCCCCCCCCCCCCCCCCCC1(S(=O)(=O)[O-])Nc2ccccc2N1Cc1ccccc1.[K+]. The molecule has 0 saturated heterocycles. The minimum Gasteiger partial charge on any atom is -0.745 e. The van der Waals surface area contributed by atoms with Crippen molar-refractivity contribution in [2.45, 2.75) is 147 Å². The van der Waals surface area contributed by atoms with Gasteiger partial charge in [-0.25, -0.2) is 8.42 Å². The number of nitrogens with one attached hydrogen (secondary N) is 1. The Kier molecular flexibility index (Phi) is 19.2. The molecule has 1 N–H and O–H groups in total. The Labute approximate surface area is 300 Å². The van der Waals surface area contributed by atoms with Crippen molar-refractivity contribution in [1.82, 2.24) is 0 Å². The molecule has 1 heterocycles. The Balaban J connectivity index is 0.00000616. The van der Waals surface area contributed by atoms with Crippen LogP contribution in [-0.4, -0.2) is 18.0 Å². The van der Waals surface area contributed by atoms with E-state index < -0.39 is 15.1 Å². The summed E-state index contributed by atoms with van der Waals surface area (Å²) in [4.78, 5) is 0.121. The van der Waals surface area contributed by atoms with E-state index in [1.165, 1.54) is 103 Å². The summed E-state index contributed by atoms with van der Waals surface area (Å²) in [5, 5.41) is 3.14. The number of anilines is 2. The summed E-state index contributed by atoms with van der Waals surface area (Å²) < 4.78 is 38.4. The topological polar surface area (TPSA) is 72.5 Å². The van der Waals surface area contributed by atoms with Gasteiger partial charge in [-0.1, -0.05) is 165 Å². The quantitative estimate of drug-likeness (QED) is 0.0810. The molecule has 0 fully saturated rings. The van der Waals surface area contributed by atoms with Crippen LogP contribution in [0, 0.1) is 0 Å². The summed E-state index contributed by atoms with van der Waals surface area (Å²) >= 11 is 0. The number of nitrogens with zero attached hydrogens (tertiary/aromatic N) is 1. The Morgan fingerprint density at radius 1 is 0.643 bits per heavy atom. The summed E-state index contributed by atoms with van der Waals surface area (Å²) in [6.07, 6.45) is 24.8. The molecule has 2 aromatic carbocycles. The second-order valence-corrected chi connectivity index (χ2v) is 13.6. The zero-order valence-corrected chi connectivity index (χ0v) is 30.6. The molecule has 0 aromatic heterocycles. The molecule has 1 atom stereocenters. The van der Waals surface area contributed by atoms with E-state index in [2.05, 4.69) is 12.2 Å². The van der Waals surface area contributed by atoms with Crippen LogP contribution < -0.4 is 61.6 Å². The van der Waals surface area contributed by atoms with E-state index in [1.54, 1.807) is 4.90 Å². The van der Waals surface area contributed by atoms with Crippen molar-refractivity contribution < 1.29 is 64.4 Å². The summed E-state index contributed by atoms with van der Waals surface area (Å²) in [6, 6.07) is 17.3. The third-order valence-electron chi connectivity index (χ3n) is 8.68. The Bertz CT molecular complexity index is 1080. The zero-order chi connectivity index (χ0) is 29.2. The molecule has 1 aliphatic rings. The monoisotopic (exact) mass is 622 g/mol. The van der Waals surface area contributed by atoms with Gasteiger partial charge in [-0.2, -0.15) is 0 Å². The minimum atomic E-state index is -4.66. The predicted molar refractivity (Wildman–Crippen MR) is 173 cm³/mol. The first kappa shape index (κ1) is 37.8. The van der Waals surface area contributed by atoms with E-state index in [4.69, 9.17) is 0 Å². The van der Waals surface area contributed by atoms with E-state index in [0.717, 1.165) is 24.1 Å². The van der Waals surface area contributed by atoms with Crippen LogP contribution >= 0.6 is 0 Å². The maximum Gasteiger partial charge on any atom is 1.00 e. The van der Waals surface area contributed by atoms with Gasteiger partial charge in [0.05, 0.1) is 11.4 Å². The maximum absolute atomic E-state index is 12.8. The largest absolute Gasteiger partial charge is 1.00 e. The summed E-state index contributed by atoms with van der Waals surface area (Å²) in [6.45, 7) is 2.64. The van der Waals surface area contributed by atoms with Gasteiger partial charge in [0.25, 0.3) is 0 Å². The number of hydrogen-bond donors (Lipinski definition) is 1. The van der Waals surface area contributed by atoms with Gasteiger partial charge in [0.15, 0.2) is 0 Å². The molecule has 42 heavy (non-hydrogen) atoms. The average molecular weight is 623 g/mol. The molecule has 1 unspecified atom stereocenters. The molecule has 0 aliphatic carbocycles. The smallest absolute Gasteiger partial charge is 0.745 e. The van der Waals surface area contributed by atoms with Gasteiger partial charge in [0, 0.05) is 13.0 Å². The van der Waals surface area contributed by atoms with E-state index >= 15 is 0 Å². The summed E-state index contributed by atoms with van der Waals surface area (Å²) in [5.41, 5.74) is 2.46. The van der Waals surface area contributed by atoms with Gasteiger partial charge in [-0.15, -0.1) is 0 Å². The molecule has 5 nitrogen and oxygen atoms in total. The van der Waals surface area contributed by atoms with Crippen LogP contribution in [0.1, 0.15) is 141 Å². The van der Waals surface area contributed by atoms with Crippen molar-refractivity contribution in [3.05, 3.63) is 60.2 Å². The first-order valence-electron chi connectivity index (χ1n) is 16.6. The predicted octanol–water partition coefficient (Wildman–Crippen LogP) is 7.14. The fourth-order valence-corrected chi connectivity index (χ4v) is 7.29. The molecular weight excluding hydrogens is 568 g/mol. The van der Waals surface area contributed by atoms with Crippen molar-refractivity contribution in [3.63, 3.8) is 0 Å². The van der Waals surface area contributed by atoms with Crippen molar-refractivity contribution in [3.8, 4) is 0 Å². The molecule has 230 valence electrons. The molecular formula is C35H55KN2O3S. The fraction of sp³-hybridized carbons (Fsp3) is 0.657. The number of hydrogen-bond acceptors (Lipinski definition) is 5. The standard InChI is InChI=1S/C35H56N2O3S.K/c1-2-3-4-5-6-7-8-9-10-11-12-13-14-15-16-17-18-19-25-30-35(41(38,39)40)36-33-28-23-24-29-34(33)37(35)31-32-26-21-20-22-27-32;/h20-24,26-29,36H,2-19,25,30-31H2,1H3,(H,38,39,40);/q;+1/p-1. The van der Waals surface area contributed by atoms with Crippen LogP contribution in [0.2, 0.25) is 0 Å². The average Bonchev–Trinajstić information content (AvgIpc) is 3.29. The van der Waals surface area contributed by atoms with Gasteiger partial charge < -0.3 is 14.8 Å². The molecule has 0 bridgehead atoms. The molecule has 1 aliphatic heterocycles. The van der Waals surface area contributed by atoms with E-state index in [-0.39, 0.29) is 57.8 Å². The van der Waals surface area contributed by atoms with Crippen LogP contribution in [0.3, 0.4) is 0 Å². The molecule has 0 radical (unpaired) electrons. The van der Waals surface area contributed by atoms with Gasteiger partial charge in [0.2, 0.25) is 4.99 Å². The van der Waals surface area contributed by atoms with Crippen LogP contribution in [0.15, 0.2) is 54.6 Å². The van der Waals surface area contributed by atoms with Gasteiger partial charge in [0.1, 0.15) is 10.1 Å². The van der Waals surface area contributed by atoms with Crippen molar-refractivity contribution >= 4 is 21.5 Å². The van der Waals surface area contributed by atoms with Crippen molar-refractivity contribution in [2.24, 2.45) is 0 Å². The first-order chi connectivity index (χ1) is 20.0. The number of benzene rings is 2. The van der Waals surface area contributed by atoms with Crippen LogP contribution in [-0.2, 0) is 16.7 Å². The van der Waals surface area contributed by atoms with E-state index in [1.807, 2.05) is 54.6 Å². The third kappa shape index (κ3) is 12.5. The normalized spacial score (nSPS) is 16.2. The van der Waals surface area contributed by atoms with Gasteiger partial charge in [-0.05, 0) is 24.1 Å². The molecule has 2 aromatic rings. The molecule has 0 spiro atoms. The van der Waals surface area contributed by atoms with Crippen LogP contribution in [0.25, 0.3) is 0 Å². The third-order valence-corrected chi connectivity index (χ3v) is 10.0. The van der Waals surface area contributed by atoms with Crippen molar-refractivity contribution in [2.75, 3.05) is 10.2 Å².